The van der Waals surface area contributed by atoms with E-state index in [0.29, 0.717) is 6.42 Å². The van der Waals surface area contributed by atoms with E-state index >= 15 is 0 Å². The molecule has 0 saturated heterocycles. The van der Waals surface area contributed by atoms with Crippen molar-refractivity contribution in [1.29, 1.82) is 0 Å². The third kappa shape index (κ3) is 4.19. The van der Waals surface area contributed by atoms with Gasteiger partial charge in [-0.25, -0.2) is 0 Å². The Balaban J connectivity index is 3.90. The normalized spacial score (nSPS) is 10.2. The van der Waals surface area contributed by atoms with Gasteiger partial charge in [0, 0.05) is 0 Å². The number of ketones is 2. The molecule has 0 fully saturated rings. The van der Waals surface area contributed by atoms with Crippen LogP contribution in [0, 0.1) is 5.92 Å². The second-order valence-corrected chi connectivity index (χ2v) is 3.54. The SMILES string of the molecule is CSCCC(C(C)=O)C(C)=O. The van der Waals surface area contributed by atoms with Crippen LogP contribution >= 0.6 is 11.8 Å². The topological polar surface area (TPSA) is 34.1 Å². The minimum Gasteiger partial charge on any atom is -0.299 e. The zero-order valence-electron chi connectivity index (χ0n) is 7.22. The van der Waals surface area contributed by atoms with Crippen LogP contribution in [0.2, 0.25) is 0 Å². The highest BCUT2D eigenvalue weighted by Crippen LogP contribution is 2.09. The first-order valence-corrected chi connectivity index (χ1v) is 4.98. The molecule has 0 aromatic carbocycles. The Morgan fingerprint density at radius 3 is 2.00 bits per heavy atom. The number of carbonyl (C=O) groups is 2. The average Bonchev–Trinajstić information content (AvgIpc) is 1.87. The van der Waals surface area contributed by atoms with Crippen LogP contribution < -0.4 is 0 Å². The summed E-state index contributed by atoms with van der Waals surface area (Å²) < 4.78 is 0. The van der Waals surface area contributed by atoms with Gasteiger partial charge in [-0.1, -0.05) is 0 Å². The predicted molar refractivity (Wildman–Crippen MR) is 47.9 cm³/mol. The van der Waals surface area contributed by atoms with Gasteiger partial charge in [0.1, 0.15) is 11.6 Å². The van der Waals surface area contributed by atoms with Gasteiger partial charge in [-0.15, -0.1) is 0 Å². The van der Waals surface area contributed by atoms with Gasteiger partial charge in [0.25, 0.3) is 0 Å². The molecule has 0 aromatic rings. The molecule has 0 spiro atoms. The summed E-state index contributed by atoms with van der Waals surface area (Å²) >= 11 is 1.66. The Morgan fingerprint density at radius 2 is 1.73 bits per heavy atom. The molecule has 0 N–H and O–H groups in total. The van der Waals surface area contributed by atoms with E-state index in [4.69, 9.17) is 0 Å². The van der Waals surface area contributed by atoms with Crippen LogP contribution in [0.15, 0.2) is 0 Å². The molecule has 0 heterocycles. The highest BCUT2D eigenvalue weighted by atomic mass is 32.2. The van der Waals surface area contributed by atoms with Gasteiger partial charge in [-0.2, -0.15) is 11.8 Å². The van der Waals surface area contributed by atoms with Gasteiger partial charge in [-0.3, -0.25) is 9.59 Å². The molecule has 0 aliphatic rings. The number of Topliss-reactive ketones (excluding diaryl/α,β-unsaturated/α-hetero) is 2. The summed E-state index contributed by atoms with van der Waals surface area (Å²) in [6.45, 7) is 2.96. The van der Waals surface area contributed by atoms with Gasteiger partial charge in [0.05, 0.1) is 5.92 Å². The summed E-state index contributed by atoms with van der Waals surface area (Å²) in [5.41, 5.74) is 0. The van der Waals surface area contributed by atoms with Crippen molar-refractivity contribution in [3.8, 4) is 0 Å². The van der Waals surface area contributed by atoms with E-state index in [-0.39, 0.29) is 17.5 Å². The Bertz CT molecular complexity index is 140. The summed E-state index contributed by atoms with van der Waals surface area (Å²) in [5.74, 6) is 0.504. The van der Waals surface area contributed by atoms with Crippen LogP contribution in [-0.4, -0.2) is 23.6 Å². The fraction of sp³-hybridized carbons (Fsp3) is 0.750. The number of hydrogen-bond acceptors (Lipinski definition) is 3. The molecule has 0 amide bonds. The molecule has 0 unspecified atom stereocenters. The van der Waals surface area contributed by atoms with Crippen molar-refractivity contribution < 1.29 is 9.59 Å². The van der Waals surface area contributed by atoms with E-state index < -0.39 is 0 Å². The number of hydrogen-bond donors (Lipinski definition) is 0. The Morgan fingerprint density at radius 1 is 1.27 bits per heavy atom. The lowest BCUT2D eigenvalue weighted by Crippen LogP contribution is -2.19. The molecule has 11 heavy (non-hydrogen) atoms. The van der Waals surface area contributed by atoms with E-state index in [0.717, 1.165) is 5.75 Å². The predicted octanol–water partition coefficient (Wildman–Crippen LogP) is 1.53. The van der Waals surface area contributed by atoms with Crippen molar-refractivity contribution in [3.05, 3.63) is 0 Å². The Kier molecular flexibility index (Phi) is 5.20. The molecule has 3 heteroatoms. The van der Waals surface area contributed by atoms with Crippen LogP contribution in [0.1, 0.15) is 20.3 Å². The molecular weight excluding hydrogens is 160 g/mol. The molecule has 0 aromatic heterocycles. The lowest BCUT2D eigenvalue weighted by Gasteiger charge is -2.07. The minimum atomic E-state index is -0.359. The maximum atomic E-state index is 10.9. The summed E-state index contributed by atoms with van der Waals surface area (Å²) in [7, 11) is 0. The molecule has 64 valence electrons. The van der Waals surface area contributed by atoms with Crippen molar-refractivity contribution in [3.63, 3.8) is 0 Å². The monoisotopic (exact) mass is 174 g/mol. The maximum Gasteiger partial charge on any atom is 0.140 e. The molecule has 0 rings (SSSR count). The second-order valence-electron chi connectivity index (χ2n) is 2.56. The van der Waals surface area contributed by atoms with E-state index in [2.05, 4.69) is 0 Å². The quantitative estimate of drug-likeness (QED) is 0.593. The number of rotatable bonds is 5. The summed E-state index contributed by atoms with van der Waals surface area (Å²) in [5, 5.41) is 0. The first kappa shape index (κ1) is 10.7. The van der Waals surface area contributed by atoms with Crippen molar-refractivity contribution in [2.45, 2.75) is 20.3 Å². The van der Waals surface area contributed by atoms with Crippen molar-refractivity contribution >= 4 is 23.3 Å². The fourth-order valence-corrected chi connectivity index (χ4v) is 1.40. The highest BCUT2D eigenvalue weighted by Gasteiger charge is 2.17. The molecule has 0 saturated carbocycles. The van der Waals surface area contributed by atoms with Gasteiger partial charge in [0.15, 0.2) is 0 Å². The Labute approximate surface area is 71.7 Å². The first-order chi connectivity index (χ1) is 5.09. The second kappa shape index (κ2) is 5.35. The Hall–Kier alpha value is -0.310. The molecule has 0 bridgehead atoms. The van der Waals surface area contributed by atoms with E-state index in [1.54, 1.807) is 11.8 Å². The van der Waals surface area contributed by atoms with E-state index in [9.17, 15) is 9.59 Å². The first-order valence-electron chi connectivity index (χ1n) is 3.59. The fourth-order valence-electron chi connectivity index (χ4n) is 0.928. The number of thioether (sulfide) groups is 1. The highest BCUT2D eigenvalue weighted by molar-refractivity contribution is 7.98. The lowest BCUT2D eigenvalue weighted by atomic mass is 9.98. The molecule has 0 atom stereocenters. The smallest absolute Gasteiger partial charge is 0.140 e. The van der Waals surface area contributed by atoms with Crippen LogP contribution in [0.25, 0.3) is 0 Å². The van der Waals surface area contributed by atoms with Gasteiger partial charge in [0.2, 0.25) is 0 Å². The van der Waals surface area contributed by atoms with Crippen LogP contribution in [-0.2, 0) is 9.59 Å². The largest absolute Gasteiger partial charge is 0.299 e. The molecule has 2 nitrogen and oxygen atoms in total. The zero-order valence-corrected chi connectivity index (χ0v) is 8.03. The van der Waals surface area contributed by atoms with Crippen molar-refractivity contribution in [2.24, 2.45) is 5.92 Å². The summed E-state index contributed by atoms with van der Waals surface area (Å²) in [4.78, 5) is 21.7. The molecular formula is C8H14O2S. The number of carbonyl (C=O) groups excluding carboxylic acids is 2. The molecule has 0 aliphatic heterocycles. The van der Waals surface area contributed by atoms with Gasteiger partial charge in [-0.05, 0) is 32.3 Å². The standard InChI is InChI=1S/C8H14O2S/c1-6(9)8(7(2)10)4-5-11-3/h8H,4-5H2,1-3H3. The van der Waals surface area contributed by atoms with E-state index in [1.165, 1.54) is 13.8 Å². The minimum absolute atomic E-state index is 0.00782. The maximum absolute atomic E-state index is 10.9. The molecule has 0 aliphatic carbocycles. The van der Waals surface area contributed by atoms with Gasteiger partial charge < -0.3 is 0 Å². The third-order valence-corrected chi connectivity index (χ3v) is 2.24. The molecule has 0 radical (unpaired) electrons. The van der Waals surface area contributed by atoms with Gasteiger partial charge >= 0.3 is 0 Å². The third-order valence-electron chi connectivity index (χ3n) is 1.59. The van der Waals surface area contributed by atoms with Crippen molar-refractivity contribution in [2.75, 3.05) is 12.0 Å². The average molecular weight is 174 g/mol. The van der Waals surface area contributed by atoms with Crippen LogP contribution in [0.4, 0.5) is 0 Å². The summed E-state index contributed by atoms with van der Waals surface area (Å²) in [6, 6.07) is 0. The van der Waals surface area contributed by atoms with Crippen LogP contribution in [0.3, 0.4) is 0 Å². The summed E-state index contributed by atoms with van der Waals surface area (Å²) in [6.07, 6.45) is 2.66. The van der Waals surface area contributed by atoms with E-state index in [1.807, 2.05) is 6.26 Å². The van der Waals surface area contributed by atoms with Crippen LogP contribution in [0.5, 0.6) is 0 Å². The zero-order chi connectivity index (χ0) is 8.85. The van der Waals surface area contributed by atoms with Crippen molar-refractivity contribution in [1.82, 2.24) is 0 Å². The lowest BCUT2D eigenvalue weighted by molar-refractivity contribution is -0.130.